The number of rotatable bonds is 8. The number of nitrogens with one attached hydrogen (secondary N) is 2. The lowest BCUT2D eigenvalue weighted by Gasteiger charge is -2.38. The first kappa shape index (κ1) is 25.0. The fraction of sp³-hybridized carbons (Fsp3) is 0.250. The number of ether oxygens (including phenoxy) is 1. The molecule has 4 rings (SSSR count). The zero-order chi connectivity index (χ0) is 25.9. The van der Waals surface area contributed by atoms with Gasteiger partial charge in [-0.1, -0.05) is 12.1 Å². The molecule has 10 nitrogen and oxygen atoms in total. The van der Waals surface area contributed by atoms with E-state index in [0.29, 0.717) is 17.2 Å². The topological polar surface area (TPSA) is 131 Å². The molecule has 0 aliphatic carbocycles. The van der Waals surface area contributed by atoms with Crippen molar-refractivity contribution < 1.29 is 27.1 Å². The largest absolute Gasteiger partial charge is 0.481 e. The molecule has 1 aromatic heterocycles. The van der Waals surface area contributed by atoms with Crippen molar-refractivity contribution in [2.75, 3.05) is 29.7 Å². The van der Waals surface area contributed by atoms with E-state index < -0.39 is 21.8 Å². The van der Waals surface area contributed by atoms with Crippen LogP contribution in [0.25, 0.3) is 0 Å². The number of halogens is 1. The Labute approximate surface area is 207 Å². The van der Waals surface area contributed by atoms with Gasteiger partial charge < -0.3 is 15.0 Å². The van der Waals surface area contributed by atoms with E-state index in [1.807, 2.05) is 0 Å². The summed E-state index contributed by atoms with van der Waals surface area (Å²) in [6, 6.07) is 13.0. The lowest BCUT2D eigenvalue weighted by Crippen LogP contribution is -2.55. The van der Waals surface area contributed by atoms with Crippen LogP contribution in [-0.2, 0) is 19.6 Å². The van der Waals surface area contributed by atoms with Crippen molar-refractivity contribution in [1.82, 2.24) is 14.9 Å². The molecule has 1 saturated heterocycles. The standard InChI is InChI=1S/C24H24FN5O5S/c1-15-11-22(27-16(2)26-15)29-36(33,34)19-9-7-18(8-10-19)28-24(32)17-12-30(13-17)23(31)14-35-21-6-4-3-5-20(21)25/h3-11,17H,12-14H2,1-2H3,(H,28,32)(H,26,27,29). The number of nitrogens with zero attached hydrogens (tertiary/aromatic N) is 3. The van der Waals surface area contributed by atoms with Crippen molar-refractivity contribution in [3.8, 4) is 5.75 Å². The van der Waals surface area contributed by atoms with E-state index in [2.05, 4.69) is 20.0 Å². The number of benzene rings is 2. The van der Waals surface area contributed by atoms with Crippen molar-refractivity contribution in [1.29, 1.82) is 0 Å². The number of aryl methyl sites for hydroxylation is 2. The van der Waals surface area contributed by atoms with Crippen LogP contribution in [0.1, 0.15) is 11.5 Å². The second-order valence-corrected chi connectivity index (χ2v) is 9.96. The van der Waals surface area contributed by atoms with Gasteiger partial charge in [-0.05, 0) is 50.2 Å². The van der Waals surface area contributed by atoms with Crippen LogP contribution in [0.2, 0.25) is 0 Å². The van der Waals surface area contributed by atoms with Crippen molar-refractivity contribution in [2.45, 2.75) is 18.7 Å². The minimum atomic E-state index is -3.88. The highest BCUT2D eigenvalue weighted by molar-refractivity contribution is 7.92. The summed E-state index contributed by atoms with van der Waals surface area (Å²) >= 11 is 0. The van der Waals surface area contributed by atoms with Gasteiger partial charge in [0.1, 0.15) is 11.6 Å². The van der Waals surface area contributed by atoms with E-state index in [1.165, 1.54) is 53.4 Å². The van der Waals surface area contributed by atoms with Gasteiger partial charge in [-0.15, -0.1) is 0 Å². The van der Waals surface area contributed by atoms with E-state index in [1.54, 1.807) is 19.9 Å². The maximum atomic E-state index is 13.6. The molecule has 0 spiro atoms. The van der Waals surface area contributed by atoms with Gasteiger partial charge >= 0.3 is 0 Å². The number of hydrogen-bond acceptors (Lipinski definition) is 7. The molecule has 0 radical (unpaired) electrons. The van der Waals surface area contributed by atoms with Crippen LogP contribution in [0.3, 0.4) is 0 Å². The highest BCUT2D eigenvalue weighted by atomic mass is 32.2. The van der Waals surface area contributed by atoms with Gasteiger partial charge in [-0.3, -0.25) is 14.3 Å². The van der Waals surface area contributed by atoms with Crippen molar-refractivity contribution in [3.63, 3.8) is 0 Å². The molecule has 188 valence electrons. The number of amides is 2. The van der Waals surface area contributed by atoms with E-state index >= 15 is 0 Å². The summed E-state index contributed by atoms with van der Waals surface area (Å²) < 4.78 is 46.5. The number of sulfonamides is 1. The predicted octanol–water partition coefficient (Wildman–Crippen LogP) is 2.51. The van der Waals surface area contributed by atoms with Gasteiger partial charge in [-0.25, -0.2) is 22.8 Å². The maximum absolute atomic E-state index is 13.6. The Morgan fingerprint density at radius 2 is 1.78 bits per heavy atom. The molecule has 0 atom stereocenters. The summed E-state index contributed by atoms with van der Waals surface area (Å²) in [5.74, 6) is -1.02. The van der Waals surface area contributed by atoms with Gasteiger partial charge in [0.2, 0.25) is 5.91 Å². The first-order valence-corrected chi connectivity index (χ1v) is 12.5. The zero-order valence-electron chi connectivity index (χ0n) is 19.6. The third kappa shape index (κ3) is 5.95. The molecule has 1 aliphatic heterocycles. The van der Waals surface area contributed by atoms with Crippen LogP contribution in [0.15, 0.2) is 59.5 Å². The van der Waals surface area contributed by atoms with Crippen LogP contribution in [0.5, 0.6) is 5.75 Å². The number of carbonyl (C=O) groups excluding carboxylic acids is 2. The van der Waals surface area contributed by atoms with E-state index in [0.717, 1.165) is 0 Å². The molecule has 1 aliphatic rings. The molecule has 12 heteroatoms. The monoisotopic (exact) mass is 513 g/mol. The molecular formula is C24H24FN5O5S. The number of likely N-dealkylation sites (tertiary alicyclic amines) is 1. The van der Waals surface area contributed by atoms with Crippen LogP contribution >= 0.6 is 0 Å². The van der Waals surface area contributed by atoms with E-state index in [-0.39, 0.29) is 48.0 Å². The van der Waals surface area contributed by atoms with E-state index in [9.17, 15) is 22.4 Å². The zero-order valence-corrected chi connectivity index (χ0v) is 20.4. The number of carbonyl (C=O) groups is 2. The van der Waals surface area contributed by atoms with Gasteiger partial charge in [0.05, 0.1) is 10.8 Å². The Bertz CT molecular complexity index is 1370. The smallest absolute Gasteiger partial charge is 0.263 e. The minimum absolute atomic E-state index is 0.00434. The third-order valence-corrected chi connectivity index (χ3v) is 6.80. The van der Waals surface area contributed by atoms with Crippen LogP contribution in [0.4, 0.5) is 15.9 Å². The molecule has 2 aromatic carbocycles. The predicted molar refractivity (Wildman–Crippen MR) is 129 cm³/mol. The SMILES string of the molecule is Cc1cc(NS(=O)(=O)c2ccc(NC(=O)C3CN(C(=O)COc4ccccc4F)C3)cc2)nc(C)n1. The number of aromatic nitrogens is 2. The summed E-state index contributed by atoms with van der Waals surface area (Å²) in [7, 11) is -3.88. The maximum Gasteiger partial charge on any atom is 0.263 e. The molecule has 2 heterocycles. The summed E-state index contributed by atoms with van der Waals surface area (Å²) in [4.78, 5) is 34.4. The number of anilines is 2. The molecule has 1 fully saturated rings. The Morgan fingerprint density at radius 3 is 2.44 bits per heavy atom. The third-order valence-electron chi connectivity index (χ3n) is 5.43. The average molecular weight is 514 g/mol. The van der Waals surface area contributed by atoms with Gasteiger partial charge in [-0.2, -0.15) is 0 Å². The number of para-hydroxylation sites is 1. The minimum Gasteiger partial charge on any atom is -0.481 e. The fourth-order valence-corrected chi connectivity index (χ4v) is 4.56. The van der Waals surface area contributed by atoms with Crippen LogP contribution in [0, 0.1) is 25.6 Å². The van der Waals surface area contributed by atoms with Crippen molar-refractivity contribution in [3.05, 3.63) is 71.9 Å². The Morgan fingerprint density at radius 1 is 1.08 bits per heavy atom. The summed E-state index contributed by atoms with van der Waals surface area (Å²) in [5, 5.41) is 2.72. The second kappa shape index (κ2) is 10.3. The fourth-order valence-electron chi connectivity index (χ4n) is 3.57. The second-order valence-electron chi connectivity index (χ2n) is 8.28. The van der Waals surface area contributed by atoms with Crippen LogP contribution < -0.4 is 14.8 Å². The molecule has 36 heavy (non-hydrogen) atoms. The Balaban J connectivity index is 1.27. The van der Waals surface area contributed by atoms with Gasteiger partial charge in [0.15, 0.2) is 18.2 Å². The molecule has 0 saturated carbocycles. The summed E-state index contributed by atoms with van der Waals surface area (Å²) in [5.41, 5.74) is 1.05. The Kier molecular flexibility index (Phi) is 7.15. The Hall–Kier alpha value is -4.06. The first-order chi connectivity index (χ1) is 17.1. The molecule has 0 bridgehead atoms. The quantitative estimate of drug-likeness (QED) is 0.473. The molecular weight excluding hydrogens is 489 g/mol. The normalized spacial score (nSPS) is 13.6. The number of hydrogen-bond donors (Lipinski definition) is 2. The lowest BCUT2D eigenvalue weighted by molar-refractivity contribution is -0.143. The molecule has 3 aromatic rings. The molecule has 2 amide bonds. The molecule has 0 unspecified atom stereocenters. The highest BCUT2D eigenvalue weighted by Gasteiger charge is 2.35. The first-order valence-electron chi connectivity index (χ1n) is 11.0. The summed E-state index contributed by atoms with van der Waals surface area (Å²) in [6.07, 6.45) is 0. The van der Waals surface area contributed by atoms with Crippen LogP contribution in [-0.4, -0.2) is 54.8 Å². The van der Waals surface area contributed by atoms with Crippen molar-refractivity contribution in [2.24, 2.45) is 5.92 Å². The molecule has 2 N–H and O–H groups in total. The lowest BCUT2D eigenvalue weighted by atomic mass is 9.99. The van der Waals surface area contributed by atoms with Gasteiger partial charge in [0, 0.05) is 30.5 Å². The summed E-state index contributed by atoms with van der Waals surface area (Å²) in [6.45, 7) is 3.49. The van der Waals surface area contributed by atoms with Crippen molar-refractivity contribution >= 4 is 33.3 Å². The van der Waals surface area contributed by atoms with E-state index in [4.69, 9.17) is 4.74 Å². The average Bonchev–Trinajstić information content (AvgIpc) is 2.77. The van der Waals surface area contributed by atoms with Gasteiger partial charge in [0.25, 0.3) is 15.9 Å². The highest BCUT2D eigenvalue weighted by Crippen LogP contribution is 2.22.